The Kier molecular flexibility index (Phi) is 4.94. The zero-order chi connectivity index (χ0) is 14.5. The fourth-order valence-electron chi connectivity index (χ4n) is 2.19. The molecule has 0 aliphatic heterocycles. The first kappa shape index (κ1) is 14.8. The minimum atomic E-state index is 0.724. The lowest BCUT2D eigenvalue weighted by molar-refractivity contribution is 0.318. The van der Waals surface area contributed by atoms with Gasteiger partial charge < -0.3 is 0 Å². The Bertz CT molecular complexity index is 626. The molecule has 3 heteroatoms. The zero-order valence-corrected chi connectivity index (χ0v) is 13.3. The summed E-state index contributed by atoms with van der Waals surface area (Å²) >= 11 is 3.45. The first-order valence-electron chi connectivity index (χ1n) is 6.51. The molecule has 0 amide bonds. The van der Waals surface area contributed by atoms with E-state index in [-0.39, 0.29) is 0 Å². The summed E-state index contributed by atoms with van der Waals surface area (Å²) < 4.78 is 1.10. The van der Waals surface area contributed by atoms with Gasteiger partial charge in [-0.1, -0.05) is 34.1 Å². The average molecular weight is 329 g/mol. The SMILES string of the molecule is Cc1cc(C#N)ccc1CN(C)Cc1ccc(Br)cc1. The van der Waals surface area contributed by atoms with E-state index in [4.69, 9.17) is 5.26 Å². The lowest BCUT2D eigenvalue weighted by atomic mass is 10.1. The third-order valence-corrected chi connectivity index (χ3v) is 3.81. The molecule has 0 fully saturated rings. The summed E-state index contributed by atoms with van der Waals surface area (Å²) in [6.07, 6.45) is 0. The molecule has 0 unspecified atom stereocenters. The van der Waals surface area contributed by atoms with Gasteiger partial charge in [-0.05, 0) is 54.9 Å². The summed E-state index contributed by atoms with van der Waals surface area (Å²) in [6.45, 7) is 3.85. The molecule has 102 valence electrons. The molecule has 0 radical (unpaired) electrons. The van der Waals surface area contributed by atoms with Crippen LogP contribution >= 0.6 is 15.9 Å². The summed E-state index contributed by atoms with van der Waals surface area (Å²) in [5.74, 6) is 0. The summed E-state index contributed by atoms with van der Waals surface area (Å²) in [6, 6.07) is 16.4. The highest BCUT2D eigenvalue weighted by molar-refractivity contribution is 9.10. The first-order valence-corrected chi connectivity index (χ1v) is 7.30. The number of hydrogen-bond acceptors (Lipinski definition) is 2. The molecule has 2 nitrogen and oxygen atoms in total. The number of benzene rings is 2. The highest BCUT2D eigenvalue weighted by Crippen LogP contribution is 2.15. The molecule has 0 bridgehead atoms. The Labute approximate surface area is 128 Å². The van der Waals surface area contributed by atoms with Crippen LogP contribution in [0.2, 0.25) is 0 Å². The number of rotatable bonds is 4. The van der Waals surface area contributed by atoms with Gasteiger partial charge >= 0.3 is 0 Å². The van der Waals surface area contributed by atoms with E-state index in [1.165, 1.54) is 16.7 Å². The van der Waals surface area contributed by atoms with E-state index in [1.54, 1.807) is 0 Å². The van der Waals surface area contributed by atoms with E-state index in [1.807, 2.05) is 18.2 Å². The quantitative estimate of drug-likeness (QED) is 0.838. The molecule has 20 heavy (non-hydrogen) atoms. The third kappa shape index (κ3) is 3.93. The molecule has 0 aromatic heterocycles. The van der Waals surface area contributed by atoms with Gasteiger partial charge in [0.2, 0.25) is 0 Å². The topological polar surface area (TPSA) is 27.0 Å². The largest absolute Gasteiger partial charge is 0.298 e. The lowest BCUT2D eigenvalue weighted by Gasteiger charge is -2.18. The first-order chi connectivity index (χ1) is 9.58. The van der Waals surface area contributed by atoms with E-state index in [0.717, 1.165) is 23.1 Å². The van der Waals surface area contributed by atoms with Crippen molar-refractivity contribution >= 4 is 15.9 Å². The van der Waals surface area contributed by atoms with Crippen LogP contribution in [-0.2, 0) is 13.1 Å². The van der Waals surface area contributed by atoms with Crippen molar-refractivity contribution in [1.29, 1.82) is 5.26 Å². The molecule has 2 rings (SSSR count). The Balaban J connectivity index is 2.03. The van der Waals surface area contributed by atoms with Crippen molar-refractivity contribution in [3.63, 3.8) is 0 Å². The Morgan fingerprint density at radius 2 is 1.80 bits per heavy atom. The fraction of sp³-hybridized carbons (Fsp3) is 0.235. The van der Waals surface area contributed by atoms with Gasteiger partial charge in [0, 0.05) is 17.6 Å². The van der Waals surface area contributed by atoms with Crippen molar-refractivity contribution in [2.45, 2.75) is 20.0 Å². The molecular formula is C17H17BrN2. The summed E-state index contributed by atoms with van der Waals surface area (Å²) in [7, 11) is 2.11. The van der Waals surface area contributed by atoms with E-state index in [2.05, 4.69) is 65.1 Å². The normalized spacial score (nSPS) is 10.6. The standard InChI is InChI=1S/C17H17BrN2/c1-13-9-15(10-19)3-6-16(13)12-20(2)11-14-4-7-17(18)8-5-14/h3-9H,11-12H2,1-2H3. The molecule has 0 aliphatic carbocycles. The van der Waals surface area contributed by atoms with Gasteiger partial charge in [-0.15, -0.1) is 0 Å². The molecule has 2 aromatic rings. The van der Waals surface area contributed by atoms with Crippen molar-refractivity contribution in [2.75, 3.05) is 7.05 Å². The van der Waals surface area contributed by atoms with Crippen molar-refractivity contribution in [2.24, 2.45) is 0 Å². The van der Waals surface area contributed by atoms with Gasteiger partial charge in [0.15, 0.2) is 0 Å². The predicted octanol–water partition coefficient (Wildman–Crippen LogP) is 4.26. The highest BCUT2D eigenvalue weighted by atomic mass is 79.9. The Hall–Kier alpha value is -1.63. The molecular weight excluding hydrogens is 312 g/mol. The van der Waals surface area contributed by atoms with Crippen molar-refractivity contribution in [3.8, 4) is 6.07 Å². The van der Waals surface area contributed by atoms with Crippen LogP contribution in [0, 0.1) is 18.3 Å². The Morgan fingerprint density at radius 3 is 2.40 bits per heavy atom. The van der Waals surface area contributed by atoms with Crippen LogP contribution in [0.4, 0.5) is 0 Å². The van der Waals surface area contributed by atoms with Gasteiger partial charge in [-0.2, -0.15) is 5.26 Å². The molecule has 0 spiro atoms. The second-order valence-electron chi connectivity index (χ2n) is 5.05. The van der Waals surface area contributed by atoms with Crippen LogP contribution < -0.4 is 0 Å². The van der Waals surface area contributed by atoms with Crippen LogP contribution in [0.1, 0.15) is 22.3 Å². The number of nitrogens with zero attached hydrogens (tertiary/aromatic N) is 2. The molecule has 0 saturated heterocycles. The van der Waals surface area contributed by atoms with Gasteiger partial charge in [-0.25, -0.2) is 0 Å². The maximum absolute atomic E-state index is 8.89. The monoisotopic (exact) mass is 328 g/mol. The maximum Gasteiger partial charge on any atom is 0.0991 e. The number of halogens is 1. The number of hydrogen-bond donors (Lipinski definition) is 0. The average Bonchev–Trinajstić information content (AvgIpc) is 2.43. The molecule has 0 saturated carbocycles. The van der Waals surface area contributed by atoms with Crippen molar-refractivity contribution in [3.05, 3.63) is 69.2 Å². The minimum absolute atomic E-state index is 0.724. The molecule has 2 aromatic carbocycles. The summed E-state index contributed by atoms with van der Waals surface area (Å²) in [5.41, 5.74) is 4.46. The zero-order valence-electron chi connectivity index (χ0n) is 11.7. The highest BCUT2D eigenvalue weighted by Gasteiger charge is 2.05. The maximum atomic E-state index is 8.89. The molecule has 0 atom stereocenters. The van der Waals surface area contributed by atoms with Crippen LogP contribution in [0.15, 0.2) is 46.9 Å². The predicted molar refractivity (Wildman–Crippen MR) is 85.2 cm³/mol. The van der Waals surface area contributed by atoms with Crippen molar-refractivity contribution in [1.82, 2.24) is 4.90 Å². The molecule has 0 heterocycles. The second-order valence-corrected chi connectivity index (χ2v) is 5.97. The van der Waals surface area contributed by atoms with Gasteiger partial charge in [0.1, 0.15) is 0 Å². The van der Waals surface area contributed by atoms with Crippen LogP contribution in [0.25, 0.3) is 0 Å². The van der Waals surface area contributed by atoms with Gasteiger partial charge in [0.25, 0.3) is 0 Å². The Morgan fingerprint density at radius 1 is 1.10 bits per heavy atom. The number of nitriles is 1. The van der Waals surface area contributed by atoms with E-state index < -0.39 is 0 Å². The third-order valence-electron chi connectivity index (χ3n) is 3.28. The lowest BCUT2D eigenvalue weighted by Crippen LogP contribution is -2.17. The van der Waals surface area contributed by atoms with Crippen LogP contribution in [0.5, 0.6) is 0 Å². The minimum Gasteiger partial charge on any atom is -0.298 e. The van der Waals surface area contributed by atoms with Gasteiger partial charge in [-0.3, -0.25) is 4.90 Å². The smallest absolute Gasteiger partial charge is 0.0991 e. The van der Waals surface area contributed by atoms with Crippen LogP contribution in [-0.4, -0.2) is 11.9 Å². The van der Waals surface area contributed by atoms with E-state index in [9.17, 15) is 0 Å². The molecule has 0 aliphatic rings. The summed E-state index contributed by atoms with van der Waals surface area (Å²) in [4.78, 5) is 2.28. The summed E-state index contributed by atoms with van der Waals surface area (Å²) in [5, 5.41) is 8.89. The van der Waals surface area contributed by atoms with E-state index >= 15 is 0 Å². The number of aryl methyl sites for hydroxylation is 1. The van der Waals surface area contributed by atoms with Crippen molar-refractivity contribution < 1.29 is 0 Å². The van der Waals surface area contributed by atoms with Crippen LogP contribution in [0.3, 0.4) is 0 Å². The molecule has 0 N–H and O–H groups in total. The van der Waals surface area contributed by atoms with E-state index in [0.29, 0.717) is 0 Å². The van der Waals surface area contributed by atoms with Gasteiger partial charge in [0.05, 0.1) is 11.6 Å². The fourth-order valence-corrected chi connectivity index (χ4v) is 2.46. The second kappa shape index (κ2) is 6.69.